The van der Waals surface area contributed by atoms with Crippen molar-refractivity contribution in [3.05, 3.63) is 71.4 Å². The van der Waals surface area contributed by atoms with E-state index in [0.717, 1.165) is 5.01 Å². The van der Waals surface area contributed by atoms with Crippen LogP contribution in [0.3, 0.4) is 0 Å². The Morgan fingerprint density at radius 2 is 1.65 bits per heavy atom. The summed E-state index contributed by atoms with van der Waals surface area (Å²) in [5.74, 6) is -0.798. The second-order valence-electron chi connectivity index (χ2n) is 8.53. The van der Waals surface area contributed by atoms with E-state index in [2.05, 4.69) is 20.6 Å². The van der Waals surface area contributed by atoms with Crippen LogP contribution in [0.1, 0.15) is 25.8 Å². The number of nitrogens with zero attached hydrogens (tertiary/aromatic N) is 3. The number of carbonyl (C=O) groups is 1. The Morgan fingerprint density at radius 3 is 2.32 bits per heavy atom. The van der Waals surface area contributed by atoms with Crippen LogP contribution in [0, 0.1) is 11.6 Å². The third-order valence-electron chi connectivity index (χ3n) is 4.76. The first-order chi connectivity index (χ1) is 16.1. The molecule has 174 valence electrons. The van der Waals surface area contributed by atoms with Crippen molar-refractivity contribution in [2.45, 2.75) is 26.2 Å². The number of carbonyl (C=O) groups excluding carboxylic acids is 1. The molecule has 10 heteroatoms. The fraction of sp³-hybridized carbons (Fsp3) is 0.167. The summed E-state index contributed by atoms with van der Waals surface area (Å²) in [6, 6.07) is 10.7. The van der Waals surface area contributed by atoms with E-state index in [4.69, 9.17) is 10.7 Å². The lowest BCUT2D eigenvalue weighted by Gasteiger charge is -2.13. The Hall–Kier alpha value is -3.92. The van der Waals surface area contributed by atoms with E-state index in [9.17, 15) is 9.18 Å². The molecule has 7 nitrogen and oxygen atoms in total. The molecule has 4 rings (SSSR count). The van der Waals surface area contributed by atoms with Crippen molar-refractivity contribution in [3.8, 4) is 21.8 Å². The Kier molecular flexibility index (Phi) is 6.25. The van der Waals surface area contributed by atoms with Gasteiger partial charge >= 0.3 is 6.03 Å². The van der Waals surface area contributed by atoms with Gasteiger partial charge in [0, 0.05) is 28.6 Å². The summed E-state index contributed by atoms with van der Waals surface area (Å²) < 4.78 is 28.1. The summed E-state index contributed by atoms with van der Waals surface area (Å²) in [4.78, 5) is 25.9. The number of aromatic nitrogens is 3. The number of anilines is 3. The molecule has 4 N–H and O–H groups in total. The average molecular weight is 481 g/mol. The van der Waals surface area contributed by atoms with Crippen LogP contribution >= 0.6 is 11.3 Å². The molecule has 2 amide bonds. The Labute approximate surface area is 199 Å². The quantitative estimate of drug-likeness (QED) is 0.329. The minimum Gasteiger partial charge on any atom is -0.368 e. The molecule has 0 aliphatic heterocycles. The number of amides is 2. The molecule has 0 radical (unpaired) electrons. The number of benzene rings is 2. The highest BCUT2D eigenvalue weighted by Crippen LogP contribution is 2.41. The number of urea groups is 1. The third kappa shape index (κ3) is 5.18. The van der Waals surface area contributed by atoms with Gasteiger partial charge in [-0.3, -0.25) is 0 Å². The average Bonchev–Trinajstić information content (AvgIpc) is 3.23. The molecule has 0 aliphatic rings. The maximum Gasteiger partial charge on any atom is 0.323 e. The highest BCUT2D eigenvalue weighted by atomic mass is 32.1. The number of thiazole rings is 1. The van der Waals surface area contributed by atoms with E-state index in [-0.39, 0.29) is 16.9 Å². The van der Waals surface area contributed by atoms with Gasteiger partial charge in [0.2, 0.25) is 5.95 Å². The Bertz CT molecular complexity index is 1350. The van der Waals surface area contributed by atoms with E-state index < -0.39 is 17.7 Å². The summed E-state index contributed by atoms with van der Waals surface area (Å²) in [5, 5.41) is 6.08. The van der Waals surface area contributed by atoms with Gasteiger partial charge in [-0.2, -0.15) is 0 Å². The molecular weight excluding hydrogens is 458 g/mol. The second kappa shape index (κ2) is 9.14. The van der Waals surface area contributed by atoms with Crippen molar-refractivity contribution in [3.63, 3.8) is 0 Å². The van der Waals surface area contributed by atoms with Crippen molar-refractivity contribution in [2.24, 2.45) is 0 Å². The second-order valence-corrected chi connectivity index (χ2v) is 9.53. The van der Waals surface area contributed by atoms with Gasteiger partial charge in [-0.15, -0.1) is 11.3 Å². The molecule has 0 saturated heterocycles. The van der Waals surface area contributed by atoms with Gasteiger partial charge in [-0.1, -0.05) is 20.8 Å². The molecule has 0 unspecified atom stereocenters. The van der Waals surface area contributed by atoms with Crippen molar-refractivity contribution >= 4 is 34.7 Å². The first-order valence-corrected chi connectivity index (χ1v) is 11.2. The zero-order chi connectivity index (χ0) is 24.5. The lowest BCUT2D eigenvalue weighted by Crippen LogP contribution is -2.19. The number of halogens is 2. The normalized spacial score (nSPS) is 11.3. The van der Waals surface area contributed by atoms with Crippen LogP contribution in [-0.2, 0) is 5.41 Å². The number of hydrogen-bond donors (Lipinski definition) is 3. The van der Waals surface area contributed by atoms with Gasteiger partial charge in [0.05, 0.1) is 15.6 Å². The van der Waals surface area contributed by atoms with Crippen LogP contribution < -0.4 is 16.4 Å². The van der Waals surface area contributed by atoms with Gasteiger partial charge in [0.15, 0.2) is 0 Å². The number of nitrogens with one attached hydrogen (secondary N) is 2. The lowest BCUT2D eigenvalue weighted by atomic mass is 9.98. The molecule has 4 aromatic rings. The molecule has 0 bridgehead atoms. The Morgan fingerprint density at radius 1 is 0.971 bits per heavy atom. The van der Waals surface area contributed by atoms with E-state index >= 15 is 4.39 Å². The smallest absolute Gasteiger partial charge is 0.323 e. The van der Waals surface area contributed by atoms with E-state index in [0.29, 0.717) is 27.6 Å². The maximum atomic E-state index is 15.0. The largest absolute Gasteiger partial charge is 0.368 e. The predicted octanol–water partition coefficient (Wildman–Crippen LogP) is 6.07. The van der Waals surface area contributed by atoms with Crippen LogP contribution in [0.2, 0.25) is 0 Å². The summed E-state index contributed by atoms with van der Waals surface area (Å²) >= 11 is 1.35. The van der Waals surface area contributed by atoms with Crippen LogP contribution in [0.5, 0.6) is 0 Å². The first kappa shape index (κ1) is 23.2. The van der Waals surface area contributed by atoms with E-state index in [1.54, 1.807) is 6.07 Å². The van der Waals surface area contributed by atoms with Crippen molar-refractivity contribution < 1.29 is 13.6 Å². The highest BCUT2D eigenvalue weighted by Gasteiger charge is 2.25. The Balaban J connectivity index is 1.70. The number of rotatable bonds is 4. The number of nitrogens with two attached hydrogens (primary N) is 1. The minimum absolute atomic E-state index is 0.0853. The first-order valence-electron chi connectivity index (χ1n) is 10.3. The van der Waals surface area contributed by atoms with Gasteiger partial charge in [-0.05, 0) is 48.5 Å². The molecule has 0 fully saturated rings. The maximum absolute atomic E-state index is 15.0. The van der Waals surface area contributed by atoms with Crippen molar-refractivity contribution in [1.29, 1.82) is 0 Å². The molecule has 0 spiro atoms. The molecule has 34 heavy (non-hydrogen) atoms. The zero-order valence-electron chi connectivity index (χ0n) is 18.7. The summed E-state index contributed by atoms with van der Waals surface area (Å²) in [6.45, 7) is 6.05. The minimum atomic E-state index is -0.548. The van der Waals surface area contributed by atoms with Gasteiger partial charge in [-0.25, -0.2) is 28.5 Å². The van der Waals surface area contributed by atoms with Gasteiger partial charge in [0.25, 0.3) is 0 Å². The monoisotopic (exact) mass is 480 g/mol. The summed E-state index contributed by atoms with van der Waals surface area (Å²) in [6.07, 6.45) is 1.52. The summed E-state index contributed by atoms with van der Waals surface area (Å²) in [7, 11) is 0. The van der Waals surface area contributed by atoms with Crippen LogP contribution in [0.25, 0.3) is 21.8 Å². The third-order valence-corrected chi connectivity index (χ3v) is 6.27. The SMILES string of the molecule is CC(C)(C)c1nc(-c2ccnc(N)n2)c(-c2cc(NC(=O)Nc3ccc(F)cc3)ccc2F)s1. The summed E-state index contributed by atoms with van der Waals surface area (Å²) in [5.41, 5.74) is 7.49. The molecule has 2 aromatic heterocycles. The van der Waals surface area contributed by atoms with E-state index in [1.165, 1.54) is 60.0 Å². The highest BCUT2D eigenvalue weighted by molar-refractivity contribution is 7.15. The topological polar surface area (TPSA) is 106 Å². The molecule has 0 aliphatic carbocycles. The van der Waals surface area contributed by atoms with Crippen LogP contribution in [-0.4, -0.2) is 21.0 Å². The van der Waals surface area contributed by atoms with Crippen molar-refractivity contribution in [2.75, 3.05) is 16.4 Å². The molecule has 2 aromatic carbocycles. The molecular formula is C24H22F2N6OS. The van der Waals surface area contributed by atoms with Crippen molar-refractivity contribution in [1.82, 2.24) is 15.0 Å². The molecule has 0 atom stereocenters. The van der Waals surface area contributed by atoms with Crippen LogP contribution in [0.4, 0.5) is 30.9 Å². The van der Waals surface area contributed by atoms with Crippen LogP contribution in [0.15, 0.2) is 54.7 Å². The van der Waals surface area contributed by atoms with E-state index in [1.807, 2.05) is 20.8 Å². The standard InChI is InChI=1S/C24H22F2N6OS/c1-24(2,3)21-32-19(18-10-11-28-22(27)31-18)20(34-21)16-12-15(8-9-17(16)26)30-23(33)29-14-6-4-13(25)5-7-14/h4-12H,1-3H3,(H2,27,28,31)(H2,29,30,33). The predicted molar refractivity (Wildman–Crippen MR) is 131 cm³/mol. The van der Waals surface area contributed by atoms with Gasteiger partial charge in [0.1, 0.15) is 17.3 Å². The number of nitrogen functional groups attached to an aromatic ring is 1. The zero-order valence-corrected chi connectivity index (χ0v) is 19.5. The van der Waals surface area contributed by atoms with Gasteiger partial charge < -0.3 is 16.4 Å². The lowest BCUT2D eigenvalue weighted by molar-refractivity contribution is 0.262. The fourth-order valence-corrected chi connectivity index (χ4v) is 4.26. The molecule has 2 heterocycles. The molecule has 0 saturated carbocycles. The fourth-order valence-electron chi connectivity index (χ4n) is 3.11. The number of hydrogen-bond acceptors (Lipinski definition) is 6.